The van der Waals surface area contributed by atoms with Gasteiger partial charge in [-0.05, 0) is 24.0 Å². The van der Waals surface area contributed by atoms with E-state index in [2.05, 4.69) is 12.1 Å². The van der Waals surface area contributed by atoms with Crippen LogP contribution in [0.1, 0.15) is 63.7 Å². The first-order chi connectivity index (χ1) is 11.8. The minimum absolute atomic E-state index is 0.183. The Bertz CT molecular complexity index is 530. The van der Waals surface area contributed by atoms with Gasteiger partial charge in [0.25, 0.3) is 0 Å². The number of hydrogen-bond acceptors (Lipinski definition) is 2. The highest BCUT2D eigenvalue weighted by atomic mass is 16.2. The first-order valence-corrected chi connectivity index (χ1v) is 9.11. The summed E-state index contributed by atoms with van der Waals surface area (Å²) in [5.41, 5.74) is 3.06. The molecule has 1 N–H and O–H groups in total. The molecule has 2 aromatic carbocycles. The summed E-state index contributed by atoms with van der Waals surface area (Å²) in [5, 5.41) is 8.70. The van der Waals surface area contributed by atoms with Gasteiger partial charge in [-0.3, -0.25) is 4.79 Å². The fourth-order valence-electron chi connectivity index (χ4n) is 2.20. The molecular formula is C22H32O2. The van der Waals surface area contributed by atoms with Gasteiger partial charge in [-0.2, -0.15) is 0 Å². The first kappa shape index (κ1) is 22.1. The molecule has 0 aliphatic rings. The molecule has 2 heteroatoms. The number of ketones is 1. The summed E-state index contributed by atoms with van der Waals surface area (Å²) in [6.07, 6.45) is 3.09. The van der Waals surface area contributed by atoms with E-state index in [4.69, 9.17) is 5.11 Å². The van der Waals surface area contributed by atoms with Gasteiger partial charge < -0.3 is 5.11 Å². The lowest BCUT2D eigenvalue weighted by atomic mass is 10.0. The predicted molar refractivity (Wildman–Crippen MR) is 104 cm³/mol. The van der Waals surface area contributed by atoms with E-state index in [0.717, 1.165) is 36.0 Å². The van der Waals surface area contributed by atoms with E-state index in [1.54, 1.807) is 0 Å². The average Bonchev–Trinajstić information content (AvgIpc) is 2.69. The average molecular weight is 328 g/mol. The highest BCUT2D eigenvalue weighted by Crippen LogP contribution is 2.20. The quantitative estimate of drug-likeness (QED) is 0.489. The third-order valence-electron chi connectivity index (χ3n) is 3.38. The maximum Gasteiger partial charge on any atom is 0.162 e. The molecule has 0 unspecified atom stereocenters. The van der Waals surface area contributed by atoms with E-state index in [0.29, 0.717) is 6.42 Å². The normalized spacial score (nSPS) is 9.21. The van der Waals surface area contributed by atoms with Crippen molar-refractivity contribution in [2.75, 3.05) is 6.61 Å². The molecule has 0 heterocycles. The van der Waals surface area contributed by atoms with Crippen molar-refractivity contribution >= 4 is 5.78 Å². The molecule has 0 saturated carbocycles. The summed E-state index contributed by atoms with van der Waals surface area (Å²) in [4.78, 5) is 12.0. The summed E-state index contributed by atoms with van der Waals surface area (Å²) >= 11 is 0. The summed E-state index contributed by atoms with van der Waals surface area (Å²) in [5.74, 6) is 0.183. The fourth-order valence-corrected chi connectivity index (χ4v) is 2.20. The molecule has 0 fully saturated rings. The van der Waals surface area contributed by atoms with E-state index in [1.165, 1.54) is 0 Å². The van der Waals surface area contributed by atoms with Gasteiger partial charge in [-0.25, -0.2) is 0 Å². The van der Waals surface area contributed by atoms with Crippen molar-refractivity contribution in [3.63, 3.8) is 0 Å². The summed E-state index contributed by atoms with van der Waals surface area (Å²) in [6.45, 7) is 8.21. The van der Waals surface area contributed by atoms with Crippen LogP contribution in [0.3, 0.4) is 0 Å². The Kier molecular flexibility index (Phi) is 13.5. The number of benzene rings is 2. The van der Waals surface area contributed by atoms with Crippen molar-refractivity contribution in [1.29, 1.82) is 0 Å². The van der Waals surface area contributed by atoms with Crippen LogP contribution in [0, 0.1) is 0 Å². The second-order valence-corrected chi connectivity index (χ2v) is 4.90. The molecule has 0 atom stereocenters. The van der Waals surface area contributed by atoms with Gasteiger partial charge in [0, 0.05) is 18.6 Å². The van der Waals surface area contributed by atoms with E-state index < -0.39 is 0 Å². The van der Waals surface area contributed by atoms with Crippen LogP contribution in [-0.4, -0.2) is 17.5 Å². The number of hydrogen-bond donors (Lipinski definition) is 1. The van der Waals surface area contributed by atoms with Gasteiger partial charge in [-0.1, -0.05) is 88.7 Å². The molecule has 132 valence electrons. The lowest BCUT2D eigenvalue weighted by Crippen LogP contribution is -1.99. The summed E-state index contributed by atoms with van der Waals surface area (Å²) < 4.78 is 0. The van der Waals surface area contributed by atoms with Crippen LogP contribution in [0.15, 0.2) is 54.6 Å². The molecule has 0 amide bonds. The third kappa shape index (κ3) is 8.07. The highest BCUT2D eigenvalue weighted by molar-refractivity contribution is 5.96. The van der Waals surface area contributed by atoms with Crippen LogP contribution in [0.5, 0.6) is 0 Å². The number of unbranched alkanes of at least 4 members (excludes halogenated alkanes) is 2. The molecule has 0 aliphatic carbocycles. The first-order valence-electron chi connectivity index (χ1n) is 9.11. The van der Waals surface area contributed by atoms with Crippen molar-refractivity contribution in [2.24, 2.45) is 0 Å². The van der Waals surface area contributed by atoms with E-state index in [1.807, 2.05) is 70.2 Å². The van der Waals surface area contributed by atoms with Gasteiger partial charge in [0.05, 0.1) is 0 Å². The van der Waals surface area contributed by atoms with Gasteiger partial charge in [-0.15, -0.1) is 0 Å². The topological polar surface area (TPSA) is 37.3 Å². The van der Waals surface area contributed by atoms with Crippen molar-refractivity contribution < 1.29 is 9.90 Å². The number of carbonyl (C=O) groups is 1. The van der Waals surface area contributed by atoms with Gasteiger partial charge in [0.15, 0.2) is 5.78 Å². The zero-order chi connectivity index (χ0) is 18.2. The Balaban J connectivity index is 0.00000123. The molecule has 0 aliphatic heterocycles. The number of aliphatic hydroxyl groups is 1. The van der Waals surface area contributed by atoms with Crippen molar-refractivity contribution in [3.05, 3.63) is 60.2 Å². The standard InChI is InChI=1S/C18H20O2.2C2H6/c19-14-6-2-5-9-18(20)17-12-10-16(11-13-17)15-7-3-1-4-8-15;2*1-2/h1,3-4,7-8,10-13,19H,2,5-6,9,14H2;2*1-2H3. The Morgan fingerprint density at radius 3 is 1.83 bits per heavy atom. The van der Waals surface area contributed by atoms with Crippen LogP contribution in [0.25, 0.3) is 11.1 Å². The Morgan fingerprint density at radius 2 is 1.29 bits per heavy atom. The zero-order valence-corrected chi connectivity index (χ0v) is 15.6. The lowest BCUT2D eigenvalue weighted by molar-refractivity contribution is 0.0978. The van der Waals surface area contributed by atoms with Crippen molar-refractivity contribution in [2.45, 2.75) is 53.4 Å². The number of aliphatic hydroxyl groups excluding tert-OH is 1. The molecular weight excluding hydrogens is 296 g/mol. The van der Waals surface area contributed by atoms with Crippen LogP contribution in [0.4, 0.5) is 0 Å². The molecule has 2 rings (SSSR count). The fraction of sp³-hybridized carbons (Fsp3) is 0.409. The summed E-state index contributed by atoms with van der Waals surface area (Å²) in [7, 11) is 0. The molecule has 0 aromatic heterocycles. The number of carbonyl (C=O) groups excluding carboxylic acids is 1. The van der Waals surface area contributed by atoms with E-state index in [9.17, 15) is 4.79 Å². The predicted octanol–water partition coefficient (Wildman–Crippen LogP) is 6.14. The summed E-state index contributed by atoms with van der Waals surface area (Å²) in [6, 6.07) is 17.9. The maximum atomic E-state index is 12.0. The second kappa shape index (κ2) is 14.6. The van der Waals surface area contributed by atoms with Crippen molar-refractivity contribution in [3.8, 4) is 11.1 Å². The van der Waals surface area contributed by atoms with E-state index in [-0.39, 0.29) is 12.4 Å². The molecule has 2 nitrogen and oxygen atoms in total. The monoisotopic (exact) mass is 328 g/mol. The molecule has 0 radical (unpaired) electrons. The SMILES string of the molecule is CC.CC.O=C(CCCCCO)c1ccc(-c2ccccc2)cc1. The zero-order valence-electron chi connectivity index (χ0n) is 15.6. The Morgan fingerprint density at radius 1 is 0.750 bits per heavy atom. The maximum absolute atomic E-state index is 12.0. The highest BCUT2D eigenvalue weighted by Gasteiger charge is 2.05. The van der Waals surface area contributed by atoms with Crippen LogP contribution in [0.2, 0.25) is 0 Å². The smallest absolute Gasteiger partial charge is 0.162 e. The second-order valence-electron chi connectivity index (χ2n) is 4.90. The third-order valence-corrected chi connectivity index (χ3v) is 3.38. The van der Waals surface area contributed by atoms with Gasteiger partial charge in [0.2, 0.25) is 0 Å². The van der Waals surface area contributed by atoms with Gasteiger partial charge in [0.1, 0.15) is 0 Å². The molecule has 0 spiro atoms. The van der Waals surface area contributed by atoms with Crippen LogP contribution in [-0.2, 0) is 0 Å². The van der Waals surface area contributed by atoms with Gasteiger partial charge >= 0.3 is 0 Å². The molecule has 0 saturated heterocycles. The molecule has 0 bridgehead atoms. The largest absolute Gasteiger partial charge is 0.396 e. The van der Waals surface area contributed by atoms with E-state index >= 15 is 0 Å². The number of Topliss-reactive ketones (excluding diaryl/α,β-unsaturated/α-hetero) is 1. The minimum Gasteiger partial charge on any atom is -0.396 e. The van der Waals surface area contributed by atoms with Crippen LogP contribution >= 0.6 is 0 Å². The van der Waals surface area contributed by atoms with Crippen LogP contribution < -0.4 is 0 Å². The molecule has 24 heavy (non-hydrogen) atoms. The van der Waals surface area contributed by atoms with Crippen molar-refractivity contribution in [1.82, 2.24) is 0 Å². The lowest BCUT2D eigenvalue weighted by Gasteiger charge is -2.04. The number of rotatable bonds is 7. The minimum atomic E-state index is 0.183. The Labute approximate surface area is 147 Å². The Hall–Kier alpha value is -1.93. The molecule has 2 aromatic rings.